The molecule has 2 nitrogen and oxygen atoms in total. The average Bonchev–Trinajstić information content (AvgIpc) is 2.38. The Kier molecular flexibility index (Phi) is 3.31. The van der Waals surface area contributed by atoms with Crippen molar-refractivity contribution in [2.75, 3.05) is 0 Å². The zero-order chi connectivity index (χ0) is 14.1. The van der Waals surface area contributed by atoms with Crippen molar-refractivity contribution >= 4 is 5.97 Å². The summed E-state index contributed by atoms with van der Waals surface area (Å²) < 4.78 is 0. The molecule has 1 aliphatic carbocycles. The van der Waals surface area contributed by atoms with Crippen molar-refractivity contribution in [2.45, 2.75) is 32.1 Å². The zero-order valence-electron chi connectivity index (χ0n) is 11.6. The largest absolute Gasteiger partial charge is 0.478 e. The lowest BCUT2D eigenvalue weighted by molar-refractivity contribution is 0.0697. The van der Waals surface area contributed by atoms with Gasteiger partial charge in [-0.15, -0.1) is 0 Å². The highest BCUT2D eigenvalue weighted by Gasteiger charge is 2.19. The third-order valence-electron chi connectivity index (χ3n) is 4.20. The van der Waals surface area contributed by atoms with Gasteiger partial charge in [-0.25, -0.2) is 4.79 Å². The van der Waals surface area contributed by atoms with E-state index in [1.165, 1.54) is 24.8 Å². The van der Waals surface area contributed by atoms with Crippen molar-refractivity contribution in [3.8, 4) is 11.1 Å². The van der Waals surface area contributed by atoms with E-state index in [1.54, 1.807) is 6.07 Å². The Morgan fingerprint density at radius 2 is 1.80 bits per heavy atom. The molecule has 0 atom stereocenters. The summed E-state index contributed by atoms with van der Waals surface area (Å²) in [5.74, 6) is -0.159. The minimum atomic E-state index is -0.869. The molecular weight excluding hydrogens is 248 g/mol. The summed E-state index contributed by atoms with van der Waals surface area (Å²) >= 11 is 0. The third kappa shape index (κ3) is 2.34. The van der Waals surface area contributed by atoms with Crippen LogP contribution in [-0.4, -0.2) is 11.1 Å². The van der Waals surface area contributed by atoms with Crippen LogP contribution in [0.4, 0.5) is 0 Å². The van der Waals surface area contributed by atoms with Crippen molar-refractivity contribution in [1.82, 2.24) is 0 Å². The fourth-order valence-electron chi connectivity index (χ4n) is 2.76. The number of hydrogen-bond donors (Lipinski definition) is 1. The summed E-state index contributed by atoms with van der Waals surface area (Å²) in [6, 6.07) is 14.0. The van der Waals surface area contributed by atoms with Gasteiger partial charge in [-0.05, 0) is 48.4 Å². The molecule has 0 heterocycles. The first kappa shape index (κ1) is 12.9. The molecule has 1 N–H and O–H groups in total. The molecule has 0 unspecified atom stereocenters. The quantitative estimate of drug-likeness (QED) is 0.879. The molecule has 3 rings (SSSR count). The van der Waals surface area contributed by atoms with Crippen LogP contribution >= 0.6 is 0 Å². The first-order chi connectivity index (χ1) is 9.65. The summed E-state index contributed by atoms with van der Waals surface area (Å²) in [6.07, 6.45) is 3.89. The van der Waals surface area contributed by atoms with Gasteiger partial charge in [0.2, 0.25) is 0 Å². The van der Waals surface area contributed by atoms with E-state index in [2.05, 4.69) is 12.1 Å². The smallest absolute Gasteiger partial charge is 0.336 e. The summed E-state index contributed by atoms with van der Waals surface area (Å²) in [5, 5.41) is 9.34. The lowest BCUT2D eigenvalue weighted by Crippen LogP contribution is -2.08. The Morgan fingerprint density at radius 3 is 2.35 bits per heavy atom. The monoisotopic (exact) mass is 266 g/mol. The molecule has 2 heteroatoms. The van der Waals surface area contributed by atoms with Crippen LogP contribution in [0.2, 0.25) is 0 Å². The molecule has 102 valence electrons. The molecule has 0 radical (unpaired) electrons. The van der Waals surface area contributed by atoms with Gasteiger partial charge in [-0.1, -0.05) is 48.4 Å². The number of rotatable bonds is 3. The van der Waals surface area contributed by atoms with Crippen LogP contribution in [0.5, 0.6) is 0 Å². The number of benzene rings is 2. The second kappa shape index (κ2) is 5.12. The minimum absolute atomic E-state index is 0.376. The van der Waals surface area contributed by atoms with Crippen LogP contribution in [0.15, 0.2) is 42.5 Å². The van der Waals surface area contributed by atoms with Crippen LogP contribution < -0.4 is 0 Å². The normalized spacial score (nSPS) is 14.8. The summed E-state index contributed by atoms with van der Waals surface area (Å²) in [5.41, 5.74) is 4.50. The highest BCUT2D eigenvalue weighted by Crippen LogP contribution is 2.37. The van der Waals surface area contributed by atoms with Crippen LogP contribution in [0.3, 0.4) is 0 Å². The van der Waals surface area contributed by atoms with Crippen molar-refractivity contribution in [3.63, 3.8) is 0 Å². The highest BCUT2D eigenvalue weighted by atomic mass is 16.4. The number of carbonyl (C=O) groups is 1. The number of aryl methyl sites for hydroxylation is 1. The maximum atomic E-state index is 11.4. The molecule has 0 spiro atoms. The van der Waals surface area contributed by atoms with E-state index in [0.29, 0.717) is 11.5 Å². The fraction of sp³-hybridized carbons (Fsp3) is 0.278. The molecule has 0 bridgehead atoms. The molecule has 1 aliphatic rings. The molecule has 20 heavy (non-hydrogen) atoms. The van der Waals surface area contributed by atoms with E-state index in [0.717, 1.165) is 16.7 Å². The minimum Gasteiger partial charge on any atom is -0.478 e. The predicted molar refractivity (Wildman–Crippen MR) is 80.2 cm³/mol. The van der Waals surface area contributed by atoms with E-state index in [1.807, 2.05) is 31.2 Å². The third-order valence-corrected chi connectivity index (χ3v) is 4.20. The van der Waals surface area contributed by atoms with Crippen LogP contribution in [0.25, 0.3) is 11.1 Å². The predicted octanol–water partition coefficient (Wildman–Crippen LogP) is 4.63. The van der Waals surface area contributed by atoms with Crippen molar-refractivity contribution in [2.24, 2.45) is 0 Å². The van der Waals surface area contributed by atoms with Gasteiger partial charge >= 0.3 is 5.97 Å². The Labute approximate surface area is 119 Å². The highest BCUT2D eigenvalue weighted by molar-refractivity contribution is 5.96. The lowest BCUT2D eigenvalue weighted by atomic mass is 9.79. The van der Waals surface area contributed by atoms with Gasteiger partial charge in [0.1, 0.15) is 0 Å². The van der Waals surface area contributed by atoms with Gasteiger partial charge in [0.15, 0.2) is 0 Å². The number of aromatic carboxylic acids is 1. The molecule has 2 aromatic carbocycles. The van der Waals surface area contributed by atoms with Crippen LogP contribution in [0.1, 0.15) is 46.7 Å². The number of carboxylic acids is 1. The van der Waals surface area contributed by atoms with E-state index >= 15 is 0 Å². The van der Waals surface area contributed by atoms with Gasteiger partial charge in [-0.2, -0.15) is 0 Å². The molecule has 1 fully saturated rings. The topological polar surface area (TPSA) is 37.3 Å². The molecule has 0 saturated heterocycles. The second-order valence-corrected chi connectivity index (χ2v) is 5.60. The van der Waals surface area contributed by atoms with E-state index in [4.69, 9.17) is 0 Å². The first-order valence-electron chi connectivity index (χ1n) is 7.09. The maximum Gasteiger partial charge on any atom is 0.336 e. The SMILES string of the molecule is Cc1ccc(-c2ccc(C3CCC3)cc2)c(C(=O)O)c1. The van der Waals surface area contributed by atoms with Gasteiger partial charge in [0.25, 0.3) is 0 Å². The van der Waals surface area contributed by atoms with Gasteiger partial charge in [-0.3, -0.25) is 0 Å². The standard InChI is InChI=1S/C18H18O2/c1-12-5-10-16(17(11-12)18(19)20)15-8-6-14(7-9-15)13-3-2-4-13/h5-11,13H,2-4H2,1H3,(H,19,20). The average molecular weight is 266 g/mol. The Hall–Kier alpha value is -2.09. The lowest BCUT2D eigenvalue weighted by Gasteiger charge is -2.25. The Bertz CT molecular complexity index is 637. The first-order valence-corrected chi connectivity index (χ1v) is 7.09. The summed E-state index contributed by atoms with van der Waals surface area (Å²) in [7, 11) is 0. The van der Waals surface area contributed by atoms with Crippen LogP contribution in [-0.2, 0) is 0 Å². The summed E-state index contributed by atoms with van der Waals surface area (Å²) in [6.45, 7) is 1.91. The molecule has 0 amide bonds. The van der Waals surface area contributed by atoms with Crippen molar-refractivity contribution in [1.29, 1.82) is 0 Å². The van der Waals surface area contributed by atoms with Crippen molar-refractivity contribution in [3.05, 3.63) is 59.2 Å². The Morgan fingerprint density at radius 1 is 1.10 bits per heavy atom. The molecule has 2 aromatic rings. The van der Waals surface area contributed by atoms with Gasteiger partial charge < -0.3 is 5.11 Å². The Balaban J connectivity index is 1.98. The fourth-order valence-corrected chi connectivity index (χ4v) is 2.76. The molecule has 0 aliphatic heterocycles. The van der Waals surface area contributed by atoms with E-state index < -0.39 is 5.97 Å². The number of hydrogen-bond acceptors (Lipinski definition) is 1. The molecular formula is C18H18O2. The summed E-state index contributed by atoms with van der Waals surface area (Å²) in [4.78, 5) is 11.4. The zero-order valence-corrected chi connectivity index (χ0v) is 11.6. The molecule has 0 aromatic heterocycles. The number of carboxylic acid groups (broad SMARTS) is 1. The maximum absolute atomic E-state index is 11.4. The van der Waals surface area contributed by atoms with Crippen LogP contribution in [0, 0.1) is 6.92 Å². The van der Waals surface area contributed by atoms with E-state index in [-0.39, 0.29) is 0 Å². The van der Waals surface area contributed by atoms with Gasteiger partial charge in [0, 0.05) is 0 Å². The second-order valence-electron chi connectivity index (χ2n) is 5.60. The van der Waals surface area contributed by atoms with Crippen molar-refractivity contribution < 1.29 is 9.90 Å². The van der Waals surface area contributed by atoms with E-state index in [9.17, 15) is 9.90 Å². The molecule has 1 saturated carbocycles. The van der Waals surface area contributed by atoms with Gasteiger partial charge in [0.05, 0.1) is 5.56 Å².